The van der Waals surface area contributed by atoms with Crippen LogP contribution in [0.3, 0.4) is 0 Å². The van der Waals surface area contributed by atoms with Crippen LogP contribution in [0.5, 0.6) is 0 Å². The van der Waals surface area contributed by atoms with Gasteiger partial charge in [0, 0.05) is 18.5 Å². The van der Waals surface area contributed by atoms with Crippen LogP contribution in [-0.4, -0.2) is 20.7 Å². The molecule has 3 aromatic rings. The molecule has 6 heteroatoms. The Morgan fingerprint density at radius 3 is 2.75 bits per heavy atom. The SMILES string of the molecule is Cc1cccc(-c2n[nH]c(=S)n2CCC(=O)NC(c2ccccc2)C2CC2)c1. The van der Waals surface area contributed by atoms with Gasteiger partial charge in [0.05, 0.1) is 6.04 Å². The van der Waals surface area contributed by atoms with Gasteiger partial charge in [0.15, 0.2) is 10.6 Å². The van der Waals surface area contributed by atoms with Gasteiger partial charge in [-0.3, -0.25) is 14.5 Å². The van der Waals surface area contributed by atoms with Gasteiger partial charge in [-0.1, -0.05) is 54.1 Å². The van der Waals surface area contributed by atoms with Crippen LogP contribution >= 0.6 is 12.2 Å². The first kappa shape index (κ1) is 18.6. The molecule has 28 heavy (non-hydrogen) atoms. The quantitative estimate of drug-likeness (QED) is 0.579. The second kappa shape index (κ2) is 8.10. The molecule has 1 aliphatic carbocycles. The Labute approximate surface area is 169 Å². The summed E-state index contributed by atoms with van der Waals surface area (Å²) in [7, 11) is 0. The fourth-order valence-corrected chi connectivity index (χ4v) is 3.78. The van der Waals surface area contributed by atoms with Crippen LogP contribution in [0.2, 0.25) is 0 Å². The van der Waals surface area contributed by atoms with E-state index in [2.05, 4.69) is 33.7 Å². The van der Waals surface area contributed by atoms with E-state index in [1.165, 1.54) is 18.4 Å². The molecule has 0 aliphatic heterocycles. The van der Waals surface area contributed by atoms with Gasteiger partial charge in [-0.25, -0.2) is 0 Å². The number of aromatic nitrogens is 3. The summed E-state index contributed by atoms with van der Waals surface area (Å²) in [4.78, 5) is 12.7. The smallest absolute Gasteiger partial charge is 0.222 e. The Bertz CT molecular complexity index is 1020. The Hall–Kier alpha value is -2.73. The monoisotopic (exact) mass is 392 g/mol. The van der Waals surface area contributed by atoms with Gasteiger partial charge < -0.3 is 5.32 Å². The molecule has 0 saturated heterocycles. The molecule has 4 rings (SSSR count). The third-order valence-electron chi connectivity index (χ3n) is 5.17. The summed E-state index contributed by atoms with van der Waals surface area (Å²) in [6.45, 7) is 2.54. The molecule has 1 amide bonds. The molecule has 2 N–H and O–H groups in total. The van der Waals surface area contributed by atoms with E-state index in [4.69, 9.17) is 12.2 Å². The summed E-state index contributed by atoms with van der Waals surface area (Å²) < 4.78 is 2.43. The third-order valence-corrected chi connectivity index (χ3v) is 5.48. The molecule has 2 aromatic carbocycles. The predicted octanol–water partition coefficient (Wildman–Crippen LogP) is 4.57. The molecule has 1 unspecified atom stereocenters. The van der Waals surface area contributed by atoms with Crippen LogP contribution in [0.4, 0.5) is 0 Å². The van der Waals surface area contributed by atoms with Crippen molar-refractivity contribution >= 4 is 18.1 Å². The van der Waals surface area contributed by atoms with Crippen molar-refractivity contribution in [3.8, 4) is 11.4 Å². The zero-order chi connectivity index (χ0) is 19.5. The number of hydrogen-bond acceptors (Lipinski definition) is 3. The first-order valence-corrected chi connectivity index (χ1v) is 10.1. The molecule has 1 aromatic heterocycles. The summed E-state index contributed by atoms with van der Waals surface area (Å²) in [6.07, 6.45) is 2.71. The number of aryl methyl sites for hydroxylation is 1. The topological polar surface area (TPSA) is 62.7 Å². The summed E-state index contributed by atoms with van der Waals surface area (Å²) in [5.41, 5.74) is 3.33. The van der Waals surface area contributed by atoms with Crippen molar-refractivity contribution in [1.29, 1.82) is 0 Å². The summed E-state index contributed by atoms with van der Waals surface area (Å²) in [6, 6.07) is 18.4. The maximum absolute atomic E-state index is 12.7. The molecular weight excluding hydrogens is 368 g/mol. The Kier molecular flexibility index (Phi) is 5.39. The molecule has 144 valence electrons. The van der Waals surface area contributed by atoms with E-state index in [1.54, 1.807) is 0 Å². The van der Waals surface area contributed by atoms with E-state index in [1.807, 2.05) is 47.9 Å². The van der Waals surface area contributed by atoms with Crippen LogP contribution in [0, 0.1) is 17.6 Å². The fourth-order valence-electron chi connectivity index (χ4n) is 3.55. The lowest BCUT2D eigenvalue weighted by Crippen LogP contribution is -2.30. The van der Waals surface area contributed by atoms with E-state index >= 15 is 0 Å². The first-order chi connectivity index (χ1) is 13.6. The number of rotatable bonds is 7. The largest absolute Gasteiger partial charge is 0.349 e. The van der Waals surface area contributed by atoms with Crippen LogP contribution in [0.1, 0.15) is 36.4 Å². The van der Waals surface area contributed by atoms with Gasteiger partial charge in [-0.05, 0) is 49.5 Å². The lowest BCUT2D eigenvalue weighted by Gasteiger charge is -2.19. The zero-order valence-electron chi connectivity index (χ0n) is 15.9. The molecule has 1 aliphatic rings. The highest BCUT2D eigenvalue weighted by Crippen LogP contribution is 2.40. The number of nitrogens with one attached hydrogen (secondary N) is 2. The normalized spacial score (nSPS) is 14.6. The predicted molar refractivity (Wildman–Crippen MR) is 112 cm³/mol. The van der Waals surface area contributed by atoms with Crippen molar-refractivity contribution in [2.75, 3.05) is 0 Å². The minimum absolute atomic E-state index is 0.0408. The Morgan fingerprint density at radius 1 is 1.25 bits per heavy atom. The summed E-state index contributed by atoms with van der Waals surface area (Å²) in [5, 5.41) is 10.5. The number of carbonyl (C=O) groups excluding carboxylic acids is 1. The summed E-state index contributed by atoms with van der Waals surface area (Å²) in [5.74, 6) is 1.35. The van der Waals surface area contributed by atoms with Crippen molar-refractivity contribution < 1.29 is 4.79 Å². The van der Waals surface area contributed by atoms with E-state index in [0.717, 1.165) is 17.0 Å². The minimum Gasteiger partial charge on any atom is -0.349 e. The average Bonchev–Trinajstić information content (AvgIpc) is 3.48. The standard InChI is InChI=1S/C22H24N4OS/c1-15-6-5-9-18(14-15)21-24-25-22(28)26(21)13-12-19(27)23-20(17-10-11-17)16-7-3-2-4-8-16/h2-9,14,17,20H,10-13H2,1H3,(H,23,27)(H,25,28). The third kappa shape index (κ3) is 4.22. The molecule has 1 fully saturated rings. The lowest BCUT2D eigenvalue weighted by atomic mass is 10.0. The van der Waals surface area contributed by atoms with Gasteiger partial charge in [-0.2, -0.15) is 5.10 Å². The lowest BCUT2D eigenvalue weighted by molar-refractivity contribution is -0.122. The van der Waals surface area contributed by atoms with E-state index < -0.39 is 0 Å². The number of amides is 1. The van der Waals surface area contributed by atoms with E-state index in [-0.39, 0.29) is 11.9 Å². The highest BCUT2D eigenvalue weighted by atomic mass is 32.1. The number of hydrogen-bond donors (Lipinski definition) is 2. The molecular formula is C22H24N4OS. The van der Waals surface area contributed by atoms with Crippen LogP contribution < -0.4 is 5.32 Å². The fraction of sp³-hybridized carbons (Fsp3) is 0.318. The van der Waals surface area contributed by atoms with Gasteiger partial charge >= 0.3 is 0 Å². The van der Waals surface area contributed by atoms with Crippen molar-refractivity contribution in [3.05, 3.63) is 70.5 Å². The maximum atomic E-state index is 12.7. The Morgan fingerprint density at radius 2 is 2.04 bits per heavy atom. The number of carbonyl (C=O) groups is 1. The Balaban J connectivity index is 1.45. The number of benzene rings is 2. The first-order valence-electron chi connectivity index (χ1n) is 9.68. The average molecular weight is 393 g/mol. The van der Waals surface area contributed by atoms with Crippen molar-refractivity contribution in [1.82, 2.24) is 20.1 Å². The van der Waals surface area contributed by atoms with Crippen LogP contribution in [-0.2, 0) is 11.3 Å². The van der Waals surface area contributed by atoms with Gasteiger partial charge in [0.25, 0.3) is 0 Å². The highest BCUT2D eigenvalue weighted by molar-refractivity contribution is 7.71. The molecule has 1 atom stereocenters. The van der Waals surface area contributed by atoms with Crippen molar-refractivity contribution in [3.63, 3.8) is 0 Å². The maximum Gasteiger partial charge on any atom is 0.222 e. The second-order valence-electron chi connectivity index (χ2n) is 7.42. The van der Waals surface area contributed by atoms with Crippen molar-refractivity contribution in [2.24, 2.45) is 5.92 Å². The highest BCUT2D eigenvalue weighted by Gasteiger charge is 2.33. The minimum atomic E-state index is 0.0408. The number of aromatic amines is 1. The second-order valence-corrected chi connectivity index (χ2v) is 7.80. The van der Waals surface area contributed by atoms with Crippen LogP contribution in [0.15, 0.2) is 54.6 Å². The van der Waals surface area contributed by atoms with Gasteiger partial charge in [-0.15, -0.1) is 0 Å². The summed E-state index contributed by atoms with van der Waals surface area (Å²) >= 11 is 5.39. The molecule has 1 heterocycles. The molecule has 1 saturated carbocycles. The van der Waals surface area contributed by atoms with Crippen LogP contribution in [0.25, 0.3) is 11.4 Å². The molecule has 5 nitrogen and oxygen atoms in total. The van der Waals surface area contributed by atoms with Gasteiger partial charge in [0.2, 0.25) is 5.91 Å². The van der Waals surface area contributed by atoms with Crippen molar-refractivity contribution in [2.45, 2.75) is 38.8 Å². The van der Waals surface area contributed by atoms with Gasteiger partial charge in [0.1, 0.15) is 0 Å². The number of H-pyrrole nitrogens is 1. The molecule has 0 bridgehead atoms. The number of nitrogens with zero attached hydrogens (tertiary/aromatic N) is 2. The molecule has 0 radical (unpaired) electrons. The molecule has 0 spiro atoms. The zero-order valence-corrected chi connectivity index (χ0v) is 16.7. The van der Waals surface area contributed by atoms with E-state index in [0.29, 0.717) is 23.7 Å². The van der Waals surface area contributed by atoms with E-state index in [9.17, 15) is 4.79 Å².